The van der Waals surface area contributed by atoms with Crippen LogP contribution in [-0.4, -0.2) is 41.8 Å². The van der Waals surface area contributed by atoms with E-state index in [0.717, 1.165) is 30.5 Å². The second-order valence-electron chi connectivity index (χ2n) is 11.8. The summed E-state index contributed by atoms with van der Waals surface area (Å²) in [5.74, 6) is -0.446. The minimum absolute atomic E-state index is 0.00943. The van der Waals surface area contributed by atoms with Crippen LogP contribution < -0.4 is 16.0 Å². The predicted molar refractivity (Wildman–Crippen MR) is 149 cm³/mol. The molecule has 2 saturated carbocycles. The number of benzene rings is 2. The summed E-state index contributed by atoms with van der Waals surface area (Å²) in [6.07, 6.45) is 8.33. The zero-order chi connectivity index (χ0) is 26.4. The maximum absolute atomic E-state index is 15.8. The van der Waals surface area contributed by atoms with Gasteiger partial charge in [-0.3, -0.25) is 4.79 Å². The van der Waals surface area contributed by atoms with Crippen molar-refractivity contribution >= 4 is 34.8 Å². The molecule has 204 valence electrons. The molecule has 38 heavy (non-hydrogen) atoms. The number of hydrogen-bond donors (Lipinski definition) is 4. The van der Waals surface area contributed by atoms with Crippen molar-refractivity contribution < 1.29 is 14.3 Å². The van der Waals surface area contributed by atoms with E-state index in [9.17, 15) is 9.90 Å². The first-order chi connectivity index (χ1) is 18.4. The summed E-state index contributed by atoms with van der Waals surface area (Å²) in [7, 11) is 0. The molecule has 5 nitrogen and oxygen atoms in total. The van der Waals surface area contributed by atoms with E-state index in [4.69, 9.17) is 23.2 Å². The third-order valence-corrected chi connectivity index (χ3v) is 10.2. The van der Waals surface area contributed by atoms with E-state index in [1.54, 1.807) is 18.2 Å². The highest BCUT2D eigenvalue weighted by molar-refractivity contribution is 6.31. The van der Waals surface area contributed by atoms with Gasteiger partial charge in [0.1, 0.15) is 5.82 Å². The van der Waals surface area contributed by atoms with Crippen molar-refractivity contribution in [3.05, 3.63) is 63.4 Å². The Kier molecular flexibility index (Phi) is 7.36. The average molecular weight is 561 g/mol. The van der Waals surface area contributed by atoms with Crippen LogP contribution in [0.1, 0.15) is 74.8 Å². The largest absolute Gasteiger partial charge is 0.393 e. The molecule has 4 aliphatic rings. The van der Waals surface area contributed by atoms with Gasteiger partial charge < -0.3 is 21.1 Å². The molecule has 4 N–H and O–H groups in total. The van der Waals surface area contributed by atoms with Crippen LogP contribution in [0, 0.1) is 11.7 Å². The third-order valence-electron chi connectivity index (χ3n) is 9.63. The lowest BCUT2D eigenvalue weighted by atomic mass is 9.63. The molecule has 2 aliphatic carbocycles. The van der Waals surface area contributed by atoms with Gasteiger partial charge in [-0.15, -0.1) is 0 Å². The number of amides is 1. The average Bonchev–Trinajstić information content (AvgIpc) is 3.62. The molecule has 4 atom stereocenters. The Bertz CT molecular complexity index is 1200. The molecule has 0 radical (unpaired) electrons. The Labute approximate surface area is 233 Å². The first kappa shape index (κ1) is 26.4. The maximum Gasteiger partial charge on any atom is 0.238 e. The van der Waals surface area contributed by atoms with Crippen LogP contribution in [0.4, 0.5) is 10.1 Å². The van der Waals surface area contributed by atoms with E-state index in [1.807, 2.05) is 12.1 Å². The van der Waals surface area contributed by atoms with E-state index in [-0.39, 0.29) is 29.1 Å². The number of aliphatic hydroxyl groups is 1. The summed E-state index contributed by atoms with van der Waals surface area (Å²) >= 11 is 12.7. The zero-order valence-electron chi connectivity index (χ0n) is 21.5. The van der Waals surface area contributed by atoms with Gasteiger partial charge in [0.2, 0.25) is 5.91 Å². The van der Waals surface area contributed by atoms with Crippen molar-refractivity contribution in [2.75, 3.05) is 11.9 Å². The van der Waals surface area contributed by atoms with Crippen molar-refractivity contribution in [2.24, 2.45) is 5.92 Å². The van der Waals surface area contributed by atoms with Gasteiger partial charge in [-0.1, -0.05) is 67.1 Å². The van der Waals surface area contributed by atoms with Gasteiger partial charge in [-0.2, -0.15) is 0 Å². The minimum Gasteiger partial charge on any atom is -0.393 e. The van der Waals surface area contributed by atoms with E-state index in [0.29, 0.717) is 35.9 Å². The molecule has 6 rings (SSSR count). The second-order valence-corrected chi connectivity index (χ2v) is 12.6. The van der Waals surface area contributed by atoms with Crippen LogP contribution in [0.5, 0.6) is 0 Å². The Morgan fingerprint density at radius 3 is 2.61 bits per heavy atom. The number of fused-ring (bicyclic) bond motifs is 2. The molecule has 1 spiro atoms. The first-order valence-corrected chi connectivity index (χ1v) is 14.8. The van der Waals surface area contributed by atoms with E-state index >= 15 is 4.39 Å². The fourth-order valence-corrected chi connectivity index (χ4v) is 8.14. The lowest BCUT2D eigenvalue weighted by Crippen LogP contribution is -2.49. The summed E-state index contributed by atoms with van der Waals surface area (Å²) in [4.78, 5) is 14.0. The number of nitrogens with one attached hydrogen (secondary N) is 3. The van der Waals surface area contributed by atoms with Gasteiger partial charge in [-0.25, -0.2) is 4.39 Å². The van der Waals surface area contributed by atoms with E-state index < -0.39 is 23.2 Å². The van der Waals surface area contributed by atoms with Gasteiger partial charge in [0, 0.05) is 40.7 Å². The van der Waals surface area contributed by atoms with Crippen molar-refractivity contribution in [3.63, 3.8) is 0 Å². The number of halogens is 3. The molecular weight excluding hydrogens is 524 g/mol. The quantitative estimate of drug-likeness (QED) is 0.367. The first-order valence-electron chi connectivity index (χ1n) is 14.1. The molecule has 0 bridgehead atoms. The monoisotopic (exact) mass is 559 g/mol. The summed E-state index contributed by atoms with van der Waals surface area (Å²) in [5.41, 5.74) is 1.96. The Morgan fingerprint density at radius 1 is 1.08 bits per heavy atom. The highest BCUT2D eigenvalue weighted by Crippen LogP contribution is 2.56. The Balaban J connectivity index is 1.44. The predicted octanol–water partition coefficient (Wildman–Crippen LogP) is 5.92. The summed E-state index contributed by atoms with van der Waals surface area (Å²) < 4.78 is 15.8. The van der Waals surface area contributed by atoms with Gasteiger partial charge in [0.25, 0.3) is 0 Å². The van der Waals surface area contributed by atoms with Crippen molar-refractivity contribution in [1.29, 1.82) is 0 Å². The SMILES string of the molecule is O=C(NC1CCC(O)CC1)[C@@H]1N[C@H](CC2CCCC2)[C@]2(CNc3cc(Cl)ccc32)[C@H]1c1cccc(Cl)c1F. The molecule has 3 fully saturated rings. The van der Waals surface area contributed by atoms with Crippen LogP contribution >= 0.6 is 23.2 Å². The van der Waals surface area contributed by atoms with Crippen LogP contribution in [0.25, 0.3) is 0 Å². The van der Waals surface area contributed by atoms with Gasteiger partial charge in [0.05, 0.1) is 17.2 Å². The molecule has 0 aromatic heterocycles. The standard InChI is InChI=1S/C30H36Cl2FN3O2/c31-18-8-13-22-24(15-18)34-16-30(22)25(14-17-4-1-2-5-17)36-28(26(30)21-6-3-7-23(32)27(21)33)29(38)35-19-9-11-20(37)12-10-19/h3,6-8,13,15,17,19-20,25-26,28,34,36-37H,1-2,4-5,9-12,14,16H2,(H,35,38)/t19?,20?,25-,26+,28-,30-/m1/s1. The molecular formula is C30H36Cl2FN3O2. The lowest BCUT2D eigenvalue weighted by molar-refractivity contribution is -0.124. The number of hydrogen-bond acceptors (Lipinski definition) is 4. The van der Waals surface area contributed by atoms with Gasteiger partial charge >= 0.3 is 0 Å². The van der Waals surface area contributed by atoms with Crippen LogP contribution in [0.15, 0.2) is 36.4 Å². The van der Waals surface area contributed by atoms with Crippen molar-refractivity contribution in [3.8, 4) is 0 Å². The number of anilines is 1. The summed E-state index contributed by atoms with van der Waals surface area (Å²) in [6, 6.07) is 10.4. The molecule has 2 heterocycles. The lowest BCUT2D eigenvalue weighted by Gasteiger charge is -2.38. The van der Waals surface area contributed by atoms with E-state index in [2.05, 4.69) is 22.0 Å². The molecule has 2 aromatic carbocycles. The number of aliphatic hydroxyl groups excluding tert-OH is 1. The van der Waals surface area contributed by atoms with Gasteiger partial charge in [-0.05, 0) is 67.3 Å². The third kappa shape index (κ3) is 4.61. The van der Waals surface area contributed by atoms with Crippen LogP contribution in [0.3, 0.4) is 0 Å². The Morgan fingerprint density at radius 2 is 1.84 bits per heavy atom. The number of carbonyl (C=O) groups excluding carboxylic acids is 1. The molecule has 0 unspecified atom stereocenters. The molecule has 1 saturated heterocycles. The highest BCUT2D eigenvalue weighted by atomic mass is 35.5. The second kappa shape index (κ2) is 10.6. The van der Waals surface area contributed by atoms with Crippen LogP contribution in [0.2, 0.25) is 10.0 Å². The van der Waals surface area contributed by atoms with Crippen molar-refractivity contribution in [1.82, 2.24) is 10.6 Å². The molecule has 2 aromatic rings. The van der Waals surface area contributed by atoms with Crippen LogP contribution in [-0.2, 0) is 10.2 Å². The Hall–Kier alpha value is -1.86. The summed E-state index contributed by atoms with van der Waals surface area (Å²) in [5, 5.41) is 21.2. The number of carbonyl (C=O) groups is 1. The minimum atomic E-state index is -0.621. The highest BCUT2D eigenvalue weighted by Gasteiger charge is 2.61. The zero-order valence-corrected chi connectivity index (χ0v) is 23.0. The smallest absolute Gasteiger partial charge is 0.238 e. The fourth-order valence-electron chi connectivity index (χ4n) is 7.78. The molecule has 2 aliphatic heterocycles. The topological polar surface area (TPSA) is 73.4 Å². The number of rotatable bonds is 5. The van der Waals surface area contributed by atoms with Gasteiger partial charge in [0.15, 0.2) is 0 Å². The summed E-state index contributed by atoms with van der Waals surface area (Å²) in [6.45, 7) is 0.586. The fraction of sp³-hybridized carbons (Fsp3) is 0.567. The maximum atomic E-state index is 15.8. The molecule has 8 heteroatoms. The normalized spacial score (nSPS) is 32.9. The van der Waals surface area contributed by atoms with E-state index in [1.165, 1.54) is 25.7 Å². The van der Waals surface area contributed by atoms with Crippen molar-refractivity contribution in [2.45, 2.75) is 93.3 Å². The molecule has 1 amide bonds.